The number of hydrogen-bond acceptors (Lipinski definition) is 5. The van der Waals surface area contributed by atoms with Gasteiger partial charge in [0.05, 0.1) is 17.8 Å². The number of carbonyl (C=O) groups excluding carboxylic acids is 1. The zero-order chi connectivity index (χ0) is 16.8. The number of nitrogens with one attached hydrogen (secondary N) is 1. The predicted molar refractivity (Wildman–Crippen MR) is 94.1 cm³/mol. The molecule has 0 aromatic carbocycles. The fourth-order valence-electron chi connectivity index (χ4n) is 2.80. The van der Waals surface area contributed by atoms with Gasteiger partial charge in [0.15, 0.2) is 0 Å². The number of aryl methyl sites for hydroxylation is 2. The van der Waals surface area contributed by atoms with Crippen LogP contribution in [0, 0.1) is 6.92 Å². The summed E-state index contributed by atoms with van der Waals surface area (Å²) in [6.45, 7) is 6.81. The third kappa shape index (κ3) is 4.82. The Morgan fingerprint density at radius 3 is 2.88 bits per heavy atom. The van der Waals surface area contributed by atoms with E-state index in [4.69, 9.17) is 4.42 Å². The molecule has 1 saturated heterocycles. The van der Waals surface area contributed by atoms with Crippen molar-refractivity contribution in [3.8, 4) is 0 Å². The number of piperazine rings is 1. The van der Waals surface area contributed by atoms with Gasteiger partial charge in [-0.25, -0.2) is 9.78 Å². The number of nitrogens with zero attached hydrogens (tertiary/aromatic N) is 3. The van der Waals surface area contributed by atoms with Crippen LogP contribution in [0.3, 0.4) is 0 Å². The monoisotopic (exact) mass is 348 g/mol. The molecule has 3 heterocycles. The largest absolute Gasteiger partial charge is 0.468 e. The van der Waals surface area contributed by atoms with Gasteiger partial charge in [-0.3, -0.25) is 4.90 Å². The lowest BCUT2D eigenvalue weighted by Gasteiger charge is -2.34. The summed E-state index contributed by atoms with van der Waals surface area (Å²) in [6, 6.07) is 3.94. The first-order valence-electron chi connectivity index (χ1n) is 8.39. The van der Waals surface area contributed by atoms with Crippen molar-refractivity contribution in [1.29, 1.82) is 0 Å². The summed E-state index contributed by atoms with van der Waals surface area (Å²) in [5.41, 5.74) is 1.08. The predicted octanol–water partition coefficient (Wildman–Crippen LogP) is 2.50. The van der Waals surface area contributed by atoms with Crippen molar-refractivity contribution in [1.82, 2.24) is 20.1 Å². The van der Waals surface area contributed by atoms with Crippen LogP contribution in [0.1, 0.15) is 22.9 Å². The van der Waals surface area contributed by atoms with Crippen molar-refractivity contribution in [2.24, 2.45) is 0 Å². The van der Waals surface area contributed by atoms with Crippen LogP contribution in [0.4, 0.5) is 4.79 Å². The smallest absolute Gasteiger partial charge is 0.317 e. The standard InChI is InChI=1S/C17H24N4O2S/c1-14-13-24-16(19-14)5-2-6-18-17(22)21-9-7-20(8-10-21)12-15-4-3-11-23-15/h3-4,11,13H,2,5-10,12H2,1H3,(H,18,22). The van der Waals surface area contributed by atoms with Gasteiger partial charge in [-0.05, 0) is 25.5 Å². The Morgan fingerprint density at radius 2 is 2.21 bits per heavy atom. The van der Waals surface area contributed by atoms with E-state index in [-0.39, 0.29) is 6.03 Å². The summed E-state index contributed by atoms with van der Waals surface area (Å²) < 4.78 is 5.38. The molecule has 0 saturated carbocycles. The van der Waals surface area contributed by atoms with E-state index in [2.05, 4.69) is 20.6 Å². The minimum absolute atomic E-state index is 0.0444. The molecule has 0 atom stereocenters. The lowest BCUT2D eigenvalue weighted by molar-refractivity contribution is 0.130. The number of hydrogen-bond donors (Lipinski definition) is 1. The highest BCUT2D eigenvalue weighted by atomic mass is 32.1. The minimum Gasteiger partial charge on any atom is -0.468 e. The Balaban J connectivity index is 1.31. The normalized spacial score (nSPS) is 15.6. The van der Waals surface area contributed by atoms with E-state index in [1.54, 1.807) is 17.6 Å². The maximum absolute atomic E-state index is 12.2. The number of carbonyl (C=O) groups is 1. The molecule has 0 spiro atoms. The number of aromatic nitrogens is 1. The van der Waals surface area contributed by atoms with Crippen molar-refractivity contribution < 1.29 is 9.21 Å². The summed E-state index contributed by atoms with van der Waals surface area (Å²) in [4.78, 5) is 20.8. The molecular formula is C17H24N4O2S. The van der Waals surface area contributed by atoms with Gasteiger partial charge < -0.3 is 14.6 Å². The van der Waals surface area contributed by atoms with Crippen molar-refractivity contribution in [2.45, 2.75) is 26.3 Å². The summed E-state index contributed by atoms with van der Waals surface area (Å²) in [5.74, 6) is 0.977. The van der Waals surface area contributed by atoms with Crippen LogP contribution >= 0.6 is 11.3 Å². The van der Waals surface area contributed by atoms with Crippen molar-refractivity contribution >= 4 is 17.4 Å². The maximum atomic E-state index is 12.2. The van der Waals surface area contributed by atoms with Gasteiger partial charge in [0.2, 0.25) is 0 Å². The highest BCUT2D eigenvalue weighted by Gasteiger charge is 2.21. The Morgan fingerprint density at radius 1 is 1.38 bits per heavy atom. The molecule has 1 aliphatic heterocycles. The topological polar surface area (TPSA) is 61.6 Å². The second-order valence-electron chi connectivity index (χ2n) is 6.06. The van der Waals surface area contributed by atoms with E-state index in [0.717, 1.165) is 62.0 Å². The van der Waals surface area contributed by atoms with Crippen LogP contribution in [0.25, 0.3) is 0 Å². The molecule has 1 aliphatic rings. The van der Waals surface area contributed by atoms with E-state index in [1.807, 2.05) is 24.0 Å². The molecule has 2 aromatic heterocycles. The van der Waals surface area contributed by atoms with Gasteiger partial charge in [-0.15, -0.1) is 11.3 Å². The first-order valence-corrected chi connectivity index (χ1v) is 9.27. The lowest BCUT2D eigenvalue weighted by Crippen LogP contribution is -2.51. The molecule has 0 radical (unpaired) electrons. The van der Waals surface area contributed by atoms with Crippen LogP contribution in [-0.2, 0) is 13.0 Å². The van der Waals surface area contributed by atoms with Crippen molar-refractivity contribution in [3.05, 3.63) is 40.2 Å². The summed E-state index contributed by atoms with van der Waals surface area (Å²) in [5, 5.41) is 6.23. The van der Waals surface area contributed by atoms with E-state index in [9.17, 15) is 4.79 Å². The number of amides is 2. The fraction of sp³-hybridized carbons (Fsp3) is 0.529. The highest BCUT2D eigenvalue weighted by molar-refractivity contribution is 7.09. The van der Waals surface area contributed by atoms with Crippen molar-refractivity contribution in [3.63, 3.8) is 0 Å². The quantitative estimate of drug-likeness (QED) is 0.815. The van der Waals surface area contributed by atoms with E-state index >= 15 is 0 Å². The zero-order valence-electron chi connectivity index (χ0n) is 14.0. The first-order chi connectivity index (χ1) is 11.7. The van der Waals surface area contributed by atoms with Gasteiger partial charge in [-0.1, -0.05) is 0 Å². The number of urea groups is 1. The molecule has 3 rings (SSSR count). The fourth-order valence-corrected chi connectivity index (χ4v) is 3.61. The molecule has 1 N–H and O–H groups in total. The van der Waals surface area contributed by atoms with Crippen LogP contribution in [0.2, 0.25) is 0 Å². The van der Waals surface area contributed by atoms with Gasteiger partial charge in [0, 0.05) is 50.2 Å². The van der Waals surface area contributed by atoms with E-state index in [1.165, 1.54) is 0 Å². The number of furan rings is 1. The second-order valence-corrected chi connectivity index (χ2v) is 7.00. The molecule has 0 aliphatic carbocycles. The average molecular weight is 348 g/mol. The summed E-state index contributed by atoms with van der Waals surface area (Å²) in [6.07, 6.45) is 3.55. The van der Waals surface area contributed by atoms with Crippen LogP contribution in [0.15, 0.2) is 28.2 Å². The van der Waals surface area contributed by atoms with Gasteiger partial charge in [-0.2, -0.15) is 0 Å². The number of rotatable bonds is 6. The third-order valence-corrected chi connectivity index (χ3v) is 5.16. The Labute approximate surface area is 146 Å². The maximum Gasteiger partial charge on any atom is 0.317 e. The molecule has 7 heteroatoms. The van der Waals surface area contributed by atoms with Crippen molar-refractivity contribution in [2.75, 3.05) is 32.7 Å². The molecule has 2 aromatic rings. The molecule has 24 heavy (non-hydrogen) atoms. The SMILES string of the molecule is Cc1csc(CCCNC(=O)N2CCN(Cc3ccco3)CC2)n1. The Kier molecular flexibility index (Phi) is 5.87. The molecule has 6 nitrogen and oxygen atoms in total. The highest BCUT2D eigenvalue weighted by Crippen LogP contribution is 2.11. The average Bonchev–Trinajstić information content (AvgIpc) is 3.24. The third-order valence-electron chi connectivity index (χ3n) is 4.13. The van der Waals surface area contributed by atoms with Gasteiger partial charge in [0.25, 0.3) is 0 Å². The molecule has 1 fully saturated rings. The molecule has 0 bridgehead atoms. The van der Waals surface area contributed by atoms with Gasteiger partial charge >= 0.3 is 6.03 Å². The lowest BCUT2D eigenvalue weighted by atomic mass is 10.3. The second kappa shape index (κ2) is 8.30. The van der Waals surface area contributed by atoms with Crippen LogP contribution < -0.4 is 5.32 Å². The van der Waals surface area contributed by atoms with Crippen LogP contribution in [0.5, 0.6) is 0 Å². The minimum atomic E-state index is 0.0444. The molecule has 2 amide bonds. The van der Waals surface area contributed by atoms with E-state index < -0.39 is 0 Å². The first kappa shape index (κ1) is 17.0. The zero-order valence-corrected chi connectivity index (χ0v) is 14.8. The summed E-state index contributed by atoms with van der Waals surface area (Å²) in [7, 11) is 0. The molecule has 130 valence electrons. The Hall–Kier alpha value is -1.86. The van der Waals surface area contributed by atoms with E-state index in [0.29, 0.717) is 6.54 Å². The summed E-state index contributed by atoms with van der Waals surface area (Å²) >= 11 is 1.69. The van der Waals surface area contributed by atoms with Gasteiger partial charge in [0.1, 0.15) is 5.76 Å². The molecule has 0 unspecified atom stereocenters. The number of thiazole rings is 1. The Bertz CT molecular complexity index is 633. The molecular weight excluding hydrogens is 324 g/mol. The van der Waals surface area contributed by atoms with Crippen LogP contribution in [-0.4, -0.2) is 53.5 Å².